The molecule has 4 rings (SSSR count). The maximum atomic E-state index is 12.7. The molecular formula is C22H16ClN3O3. The first-order valence-corrected chi connectivity index (χ1v) is 9.32. The van der Waals surface area contributed by atoms with E-state index in [4.69, 9.17) is 11.6 Å². The van der Waals surface area contributed by atoms with Crippen molar-refractivity contribution in [1.82, 2.24) is 15.2 Å². The number of benzene rings is 2. The summed E-state index contributed by atoms with van der Waals surface area (Å²) < 4.78 is 0. The minimum atomic E-state index is -0.411. The van der Waals surface area contributed by atoms with Gasteiger partial charge in [-0.15, -0.1) is 0 Å². The molecule has 0 aliphatic carbocycles. The van der Waals surface area contributed by atoms with E-state index < -0.39 is 5.91 Å². The molecule has 1 aliphatic heterocycles. The molecule has 144 valence electrons. The second-order valence-electron chi connectivity index (χ2n) is 6.62. The van der Waals surface area contributed by atoms with Crippen LogP contribution in [0.3, 0.4) is 0 Å². The molecule has 0 atom stereocenters. The summed E-state index contributed by atoms with van der Waals surface area (Å²) >= 11 is 5.95. The van der Waals surface area contributed by atoms with E-state index in [0.29, 0.717) is 22.7 Å². The molecule has 7 heteroatoms. The van der Waals surface area contributed by atoms with Crippen molar-refractivity contribution in [2.75, 3.05) is 0 Å². The van der Waals surface area contributed by atoms with Crippen molar-refractivity contribution < 1.29 is 14.4 Å². The first-order valence-electron chi connectivity index (χ1n) is 8.95. The van der Waals surface area contributed by atoms with E-state index in [1.807, 2.05) is 6.07 Å². The Bertz CT molecular complexity index is 1120. The largest absolute Gasteiger partial charge is 0.348 e. The van der Waals surface area contributed by atoms with Gasteiger partial charge >= 0.3 is 0 Å². The lowest BCUT2D eigenvalue weighted by atomic mass is 10.1. The topological polar surface area (TPSA) is 79.4 Å². The summed E-state index contributed by atoms with van der Waals surface area (Å²) in [5, 5.41) is 3.39. The number of nitrogens with one attached hydrogen (secondary N) is 1. The van der Waals surface area contributed by atoms with Gasteiger partial charge in [0.2, 0.25) is 0 Å². The van der Waals surface area contributed by atoms with Crippen LogP contribution >= 0.6 is 11.6 Å². The summed E-state index contributed by atoms with van der Waals surface area (Å²) in [5.74, 6) is -1.11. The SMILES string of the molecule is O=C(NCc1cccc(Cl)c1)c1ccc2c(c1)C(=O)N(Cc1ccncc1)C2=O. The Balaban J connectivity index is 1.50. The smallest absolute Gasteiger partial charge is 0.261 e. The molecule has 0 unspecified atom stereocenters. The Labute approximate surface area is 172 Å². The maximum absolute atomic E-state index is 12.7. The lowest BCUT2D eigenvalue weighted by Crippen LogP contribution is -2.29. The minimum absolute atomic E-state index is 0.158. The lowest BCUT2D eigenvalue weighted by Gasteiger charge is -2.13. The van der Waals surface area contributed by atoms with Gasteiger partial charge in [0.05, 0.1) is 17.7 Å². The summed E-state index contributed by atoms with van der Waals surface area (Å²) in [4.78, 5) is 43.0. The molecule has 3 amide bonds. The van der Waals surface area contributed by atoms with E-state index in [0.717, 1.165) is 11.1 Å². The number of rotatable bonds is 5. The Morgan fingerprint density at radius 3 is 2.45 bits per heavy atom. The molecule has 3 aromatic rings. The fraction of sp³-hybridized carbons (Fsp3) is 0.0909. The fourth-order valence-corrected chi connectivity index (χ4v) is 3.39. The molecule has 1 aromatic heterocycles. The van der Waals surface area contributed by atoms with Gasteiger partial charge in [-0.1, -0.05) is 23.7 Å². The van der Waals surface area contributed by atoms with E-state index in [1.54, 1.807) is 48.8 Å². The van der Waals surface area contributed by atoms with Gasteiger partial charge in [0.1, 0.15) is 0 Å². The second-order valence-corrected chi connectivity index (χ2v) is 7.06. The van der Waals surface area contributed by atoms with Crippen LogP contribution in [-0.2, 0) is 13.1 Å². The minimum Gasteiger partial charge on any atom is -0.348 e. The van der Waals surface area contributed by atoms with Crippen LogP contribution in [0, 0.1) is 0 Å². The van der Waals surface area contributed by atoms with Gasteiger partial charge in [-0.3, -0.25) is 24.3 Å². The fourth-order valence-electron chi connectivity index (χ4n) is 3.18. The predicted octanol–water partition coefficient (Wildman–Crippen LogP) is 3.46. The van der Waals surface area contributed by atoms with Crippen molar-refractivity contribution >= 4 is 29.3 Å². The highest BCUT2D eigenvalue weighted by molar-refractivity contribution is 6.30. The first-order chi connectivity index (χ1) is 14.0. The average Bonchev–Trinajstić information content (AvgIpc) is 2.97. The van der Waals surface area contributed by atoms with Gasteiger partial charge in [-0.05, 0) is 53.6 Å². The number of aromatic nitrogens is 1. The van der Waals surface area contributed by atoms with Crippen molar-refractivity contribution in [3.63, 3.8) is 0 Å². The average molecular weight is 406 g/mol. The van der Waals surface area contributed by atoms with Crippen molar-refractivity contribution in [2.24, 2.45) is 0 Å². The van der Waals surface area contributed by atoms with Crippen LogP contribution in [0.25, 0.3) is 0 Å². The van der Waals surface area contributed by atoms with Gasteiger partial charge < -0.3 is 5.32 Å². The number of carbonyl (C=O) groups is 3. The zero-order chi connectivity index (χ0) is 20.4. The number of halogens is 1. The van der Waals surface area contributed by atoms with Crippen molar-refractivity contribution in [2.45, 2.75) is 13.1 Å². The number of hydrogen-bond donors (Lipinski definition) is 1. The van der Waals surface area contributed by atoms with E-state index in [9.17, 15) is 14.4 Å². The first kappa shape index (κ1) is 18.8. The quantitative estimate of drug-likeness (QED) is 0.659. The van der Waals surface area contributed by atoms with Crippen LogP contribution in [0.2, 0.25) is 5.02 Å². The van der Waals surface area contributed by atoms with Crippen LogP contribution in [0.15, 0.2) is 67.0 Å². The van der Waals surface area contributed by atoms with Crippen LogP contribution in [-0.4, -0.2) is 27.6 Å². The molecule has 0 radical (unpaired) electrons. The molecule has 1 aliphatic rings. The molecule has 1 N–H and O–H groups in total. The lowest BCUT2D eigenvalue weighted by molar-refractivity contribution is 0.0642. The van der Waals surface area contributed by atoms with Crippen LogP contribution in [0.1, 0.15) is 42.2 Å². The third-order valence-electron chi connectivity index (χ3n) is 4.67. The molecule has 0 fully saturated rings. The Kier molecular flexibility index (Phi) is 5.10. The van der Waals surface area contributed by atoms with Gasteiger partial charge in [0, 0.05) is 29.5 Å². The zero-order valence-electron chi connectivity index (χ0n) is 15.3. The Hall–Kier alpha value is -3.51. The van der Waals surface area contributed by atoms with Crippen LogP contribution < -0.4 is 5.32 Å². The van der Waals surface area contributed by atoms with E-state index in [2.05, 4.69) is 10.3 Å². The number of imide groups is 1. The highest BCUT2D eigenvalue weighted by Crippen LogP contribution is 2.25. The van der Waals surface area contributed by atoms with Crippen molar-refractivity contribution in [1.29, 1.82) is 0 Å². The van der Waals surface area contributed by atoms with Gasteiger partial charge in [-0.2, -0.15) is 0 Å². The summed E-state index contributed by atoms with van der Waals surface area (Å²) in [6, 6.07) is 15.2. The van der Waals surface area contributed by atoms with Gasteiger partial charge in [0.15, 0.2) is 0 Å². The Morgan fingerprint density at radius 2 is 1.69 bits per heavy atom. The molecular weight excluding hydrogens is 390 g/mol. The highest BCUT2D eigenvalue weighted by atomic mass is 35.5. The standard InChI is InChI=1S/C22H16ClN3O3/c23-17-3-1-2-15(10-17)12-25-20(27)16-4-5-18-19(11-16)22(29)26(21(18)28)13-14-6-8-24-9-7-14/h1-11H,12-13H2,(H,25,27). The maximum Gasteiger partial charge on any atom is 0.261 e. The molecule has 0 saturated carbocycles. The van der Waals surface area contributed by atoms with Gasteiger partial charge in [-0.25, -0.2) is 0 Å². The molecule has 6 nitrogen and oxygen atoms in total. The number of nitrogens with zero attached hydrogens (tertiary/aromatic N) is 2. The van der Waals surface area contributed by atoms with Gasteiger partial charge in [0.25, 0.3) is 17.7 Å². The van der Waals surface area contributed by atoms with E-state index >= 15 is 0 Å². The number of amides is 3. The van der Waals surface area contributed by atoms with Crippen LogP contribution in [0.4, 0.5) is 0 Å². The number of fused-ring (bicyclic) bond motifs is 1. The Morgan fingerprint density at radius 1 is 0.931 bits per heavy atom. The zero-order valence-corrected chi connectivity index (χ0v) is 16.0. The predicted molar refractivity (Wildman–Crippen MR) is 108 cm³/mol. The molecule has 29 heavy (non-hydrogen) atoms. The normalized spacial score (nSPS) is 12.8. The van der Waals surface area contributed by atoms with Crippen molar-refractivity contribution in [3.05, 3.63) is 99.8 Å². The molecule has 0 saturated heterocycles. The number of pyridine rings is 1. The third kappa shape index (κ3) is 3.88. The van der Waals surface area contributed by atoms with Crippen molar-refractivity contribution in [3.8, 4) is 0 Å². The monoisotopic (exact) mass is 405 g/mol. The molecule has 2 heterocycles. The third-order valence-corrected chi connectivity index (χ3v) is 4.90. The summed E-state index contributed by atoms with van der Waals surface area (Å²) in [5.41, 5.74) is 2.52. The number of hydrogen-bond acceptors (Lipinski definition) is 4. The molecule has 0 spiro atoms. The summed E-state index contributed by atoms with van der Waals surface area (Å²) in [6.45, 7) is 0.461. The summed E-state index contributed by atoms with van der Waals surface area (Å²) in [6.07, 6.45) is 3.21. The van der Waals surface area contributed by atoms with E-state index in [1.165, 1.54) is 17.0 Å². The number of carbonyl (C=O) groups excluding carboxylic acids is 3. The second kappa shape index (κ2) is 7.85. The summed E-state index contributed by atoms with van der Waals surface area (Å²) in [7, 11) is 0. The van der Waals surface area contributed by atoms with E-state index in [-0.39, 0.29) is 23.9 Å². The van der Waals surface area contributed by atoms with Crippen LogP contribution in [0.5, 0.6) is 0 Å². The molecule has 0 bridgehead atoms. The highest BCUT2D eigenvalue weighted by Gasteiger charge is 2.35. The molecule has 2 aromatic carbocycles.